The monoisotopic (exact) mass is 295 g/mol. The van der Waals surface area contributed by atoms with E-state index in [1.165, 1.54) is 17.3 Å². The number of nitrogens with zero attached hydrogens (tertiary/aromatic N) is 2. The van der Waals surface area contributed by atoms with E-state index in [9.17, 15) is 18.0 Å². The maximum Gasteiger partial charge on any atom is 0.490 e. The van der Waals surface area contributed by atoms with E-state index in [-0.39, 0.29) is 5.75 Å². The molecule has 1 heterocycles. The van der Waals surface area contributed by atoms with Crippen LogP contribution in [0.15, 0.2) is 18.5 Å². The van der Waals surface area contributed by atoms with Crippen LogP contribution in [-0.2, 0) is 4.79 Å². The number of hydrogen-bond acceptors (Lipinski definition) is 5. The Morgan fingerprint density at radius 3 is 2.25 bits per heavy atom. The molecule has 0 radical (unpaired) electrons. The number of nitrogen functional groups attached to an aromatic ring is 1. The summed E-state index contributed by atoms with van der Waals surface area (Å²) in [5.74, 6) is -2.48. The van der Waals surface area contributed by atoms with Crippen molar-refractivity contribution in [2.45, 2.75) is 6.18 Å². The first-order valence-electron chi connectivity index (χ1n) is 4.94. The molecule has 3 N–H and O–H groups in total. The number of carboxylic acids is 1. The predicted molar refractivity (Wildman–Crippen MR) is 62.1 cm³/mol. The highest BCUT2D eigenvalue weighted by Gasteiger charge is 2.38. The average Bonchev–Trinajstić information content (AvgIpc) is 2.31. The van der Waals surface area contributed by atoms with Crippen molar-refractivity contribution >= 4 is 17.7 Å². The Kier molecular flexibility index (Phi) is 6.26. The topological polar surface area (TPSA) is 106 Å². The highest BCUT2D eigenvalue weighted by Crippen LogP contribution is 2.18. The summed E-state index contributed by atoms with van der Waals surface area (Å²) in [5, 5.41) is 7.12. The zero-order chi connectivity index (χ0) is 15.9. The Morgan fingerprint density at radius 1 is 1.40 bits per heavy atom. The van der Waals surface area contributed by atoms with Crippen molar-refractivity contribution in [3.8, 4) is 5.75 Å². The second-order valence-electron chi connectivity index (χ2n) is 3.48. The van der Waals surface area contributed by atoms with Gasteiger partial charge in [0, 0.05) is 20.3 Å². The molecule has 0 atom stereocenters. The summed E-state index contributed by atoms with van der Waals surface area (Å²) in [7, 11) is 3.18. The number of hydrogen-bond donors (Lipinski definition) is 2. The van der Waals surface area contributed by atoms with Crippen LogP contribution in [0.3, 0.4) is 0 Å². The standard InChI is InChI=1S/C8H11N3O2.C2HF3O2/c1-11(2)8(12)13-7-5-10-4-3-6(7)9;3-2(4,5)1(6)7/h3-5H,1-2H3,(H2,9,10);(H,6,7). The third-order valence-corrected chi connectivity index (χ3v) is 1.62. The van der Waals surface area contributed by atoms with E-state index < -0.39 is 18.2 Å². The molecule has 0 spiro atoms. The van der Waals surface area contributed by atoms with Crippen molar-refractivity contribution in [2.75, 3.05) is 19.8 Å². The summed E-state index contributed by atoms with van der Waals surface area (Å²) >= 11 is 0. The Bertz CT molecular complexity index is 477. The Labute approximate surface area is 111 Å². The Balaban J connectivity index is 0.000000441. The van der Waals surface area contributed by atoms with Crippen LogP contribution in [0.2, 0.25) is 0 Å². The molecule has 0 fully saturated rings. The van der Waals surface area contributed by atoms with Gasteiger partial charge in [0.05, 0.1) is 11.9 Å². The summed E-state index contributed by atoms with van der Waals surface area (Å²) in [4.78, 5) is 25.1. The summed E-state index contributed by atoms with van der Waals surface area (Å²) in [6.07, 6.45) is -2.63. The molecule has 1 aromatic rings. The van der Waals surface area contributed by atoms with Gasteiger partial charge in [0.15, 0.2) is 5.75 Å². The normalized spacial score (nSPS) is 10.1. The Morgan fingerprint density at radius 2 is 1.90 bits per heavy atom. The van der Waals surface area contributed by atoms with Gasteiger partial charge in [-0.2, -0.15) is 13.2 Å². The minimum absolute atomic E-state index is 0.279. The van der Waals surface area contributed by atoms with Crippen LogP contribution in [0.4, 0.5) is 23.7 Å². The minimum atomic E-state index is -5.08. The summed E-state index contributed by atoms with van der Waals surface area (Å²) in [6, 6.07) is 1.57. The van der Waals surface area contributed by atoms with E-state index in [1.807, 2.05) is 0 Å². The van der Waals surface area contributed by atoms with E-state index in [0.717, 1.165) is 0 Å². The number of anilines is 1. The summed E-state index contributed by atoms with van der Waals surface area (Å²) in [5.41, 5.74) is 5.93. The molecule has 0 unspecified atom stereocenters. The molecule has 0 bridgehead atoms. The van der Waals surface area contributed by atoms with Gasteiger partial charge in [0.1, 0.15) is 0 Å². The van der Waals surface area contributed by atoms with E-state index in [2.05, 4.69) is 4.98 Å². The second-order valence-corrected chi connectivity index (χ2v) is 3.48. The number of aromatic nitrogens is 1. The molecule has 1 aromatic heterocycles. The smallest absolute Gasteiger partial charge is 0.475 e. The number of ether oxygens (including phenoxy) is 1. The van der Waals surface area contributed by atoms with Crippen LogP contribution in [0.1, 0.15) is 0 Å². The molecule has 20 heavy (non-hydrogen) atoms. The lowest BCUT2D eigenvalue weighted by Crippen LogP contribution is -2.25. The Hall–Kier alpha value is -2.52. The third kappa shape index (κ3) is 6.42. The molecule has 7 nitrogen and oxygen atoms in total. The lowest BCUT2D eigenvalue weighted by Gasteiger charge is -2.11. The number of rotatable bonds is 1. The van der Waals surface area contributed by atoms with Crippen LogP contribution in [0.5, 0.6) is 5.75 Å². The van der Waals surface area contributed by atoms with Crippen molar-refractivity contribution < 1.29 is 32.6 Å². The van der Waals surface area contributed by atoms with Gasteiger partial charge in [-0.05, 0) is 6.07 Å². The zero-order valence-electron chi connectivity index (χ0n) is 10.5. The highest BCUT2D eigenvalue weighted by molar-refractivity contribution is 5.73. The number of halogens is 3. The van der Waals surface area contributed by atoms with Gasteiger partial charge in [-0.15, -0.1) is 0 Å². The summed E-state index contributed by atoms with van der Waals surface area (Å²) < 4.78 is 36.6. The van der Waals surface area contributed by atoms with Gasteiger partial charge < -0.3 is 20.5 Å². The molecule has 0 aliphatic carbocycles. The lowest BCUT2D eigenvalue weighted by atomic mass is 10.4. The van der Waals surface area contributed by atoms with E-state index in [1.54, 1.807) is 20.2 Å². The highest BCUT2D eigenvalue weighted by atomic mass is 19.4. The van der Waals surface area contributed by atoms with E-state index in [0.29, 0.717) is 5.69 Å². The number of alkyl halides is 3. The predicted octanol–water partition coefficient (Wildman–Crippen LogP) is 1.36. The van der Waals surface area contributed by atoms with Gasteiger partial charge in [-0.25, -0.2) is 9.59 Å². The molecule has 1 amide bonds. The SMILES string of the molecule is CN(C)C(=O)Oc1cnccc1N.O=C(O)C(F)(F)F. The van der Waals surface area contributed by atoms with E-state index in [4.69, 9.17) is 20.4 Å². The van der Waals surface area contributed by atoms with Crippen LogP contribution < -0.4 is 10.5 Å². The van der Waals surface area contributed by atoms with Gasteiger partial charge in [-0.1, -0.05) is 0 Å². The largest absolute Gasteiger partial charge is 0.490 e. The first-order valence-corrected chi connectivity index (χ1v) is 4.94. The molecule has 0 aliphatic heterocycles. The van der Waals surface area contributed by atoms with E-state index >= 15 is 0 Å². The van der Waals surface area contributed by atoms with Crippen LogP contribution in [-0.4, -0.2) is 47.3 Å². The fourth-order valence-corrected chi connectivity index (χ4v) is 0.661. The molecule has 0 saturated carbocycles. The lowest BCUT2D eigenvalue weighted by molar-refractivity contribution is -0.192. The van der Waals surface area contributed by atoms with Gasteiger partial charge in [-0.3, -0.25) is 4.98 Å². The zero-order valence-corrected chi connectivity index (χ0v) is 10.5. The number of amides is 1. The quantitative estimate of drug-likeness (QED) is 0.810. The summed E-state index contributed by atoms with van der Waals surface area (Å²) in [6.45, 7) is 0. The van der Waals surface area contributed by atoms with Crippen LogP contribution in [0.25, 0.3) is 0 Å². The van der Waals surface area contributed by atoms with Crippen molar-refractivity contribution in [3.05, 3.63) is 18.5 Å². The van der Waals surface area contributed by atoms with Crippen molar-refractivity contribution in [1.82, 2.24) is 9.88 Å². The van der Waals surface area contributed by atoms with Gasteiger partial charge >= 0.3 is 18.2 Å². The minimum Gasteiger partial charge on any atom is -0.475 e. The maximum absolute atomic E-state index is 11.1. The number of pyridine rings is 1. The maximum atomic E-state index is 11.1. The molecule has 10 heteroatoms. The van der Waals surface area contributed by atoms with Crippen molar-refractivity contribution in [2.24, 2.45) is 0 Å². The van der Waals surface area contributed by atoms with Crippen molar-refractivity contribution in [3.63, 3.8) is 0 Å². The number of carboxylic acid groups (broad SMARTS) is 1. The molecule has 0 saturated heterocycles. The molecular weight excluding hydrogens is 283 g/mol. The third-order valence-electron chi connectivity index (χ3n) is 1.62. The number of aliphatic carboxylic acids is 1. The molecular formula is C10H12F3N3O4. The number of nitrogens with two attached hydrogens (primary N) is 1. The van der Waals surface area contributed by atoms with Crippen LogP contribution in [0, 0.1) is 0 Å². The van der Waals surface area contributed by atoms with Gasteiger partial charge in [0.2, 0.25) is 0 Å². The average molecular weight is 295 g/mol. The number of carbonyl (C=O) groups is 2. The molecule has 0 aliphatic rings. The first-order chi connectivity index (χ1) is 9.05. The van der Waals surface area contributed by atoms with Crippen molar-refractivity contribution in [1.29, 1.82) is 0 Å². The molecule has 0 aromatic carbocycles. The van der Waals surface area contributed by atoms with Crippen LogP contribution >= 0.6 is 0 Å². The second kappa shape index (κ2) is 7.16. The fourth-order valence-electron chi connectivity index (χ4n) is 0.661. The molecule has 1 rings (SSSR count). The fraction of sp³-hybridized carbons (Fsp3) is 0.300. The first kappa shape index (κ1) is 17.5. The number of carbonyl (C=O) groups excluding carboxylic acids is 1. The van der Waals surface area contributed by atoms with Gasteiger partial charge in [0.25, 0.3) is 0 Å². The molecule has 112 valence electrons.